The van der Waals surface area contributed by atoms with Crippen molar-refractivity contribution in [2.24, 2.45) is 0 Å². The van der Waals surface area contributed by atoms with Gasteiger partial charge in [-0.15, -0.1) is 0 Å². The number of hydrogen-bond donors (Lipinski definition) is 1. The Morgan fingerprint density at radius 1 is 1.16 bits per heavy atom. The molecule has 0 bridgehead atoms. The van der Waals surface area contributed by atoms with E-state index in [1.807, 2.05) is 13.0 Å². The first-order valence-electron chi connectivity index (χ1n) is 6.25. The fourth-order valence-electron chi connectivity index (χ4n) is 1.64. The predicted octanol–water partition coefficient (Wildman–Crippen LogP) is 1.94. The summed E-state index contributed by atoms with van der Waals surface area (Å²) in [5.74, 6) is 1.89. The molecule has 0 fully saturated rings. The smallest absolute Gasteiger partial charge is 0.216 e. The molecule has 0 aliphatic heterocycles. The summed E-state index contributed by atoms with van der Waals surface area (Å²) < 4.78 is 5.09. The summed E-state index contributed by atoms with van der Waals surface area (Å²) in [4.78, 5) is 17.1. The summed E-state index contributed by atoms with van der Waals surface area (Å²) in [6, 6.07) is 3.68. The lowest BCUT2D eigenvalue weighted by Crippen LogP contribution is -2.04. The highest BCUT2D eigenvalue weighted by Gasteiger charge is 2.08. The van der Waals surface area contributed by atoms with Gasteiger partial charge in [-0.2, -0.15) is 0 Å². The van der Waals surface area contributed by atoms with Crippen molar-refractivity contribution >= 4 is 5.82 Å². The van der Waals surface area contributed by atoms with Gasteiger partial charge in [0.05, 0.1) is 7.11 Å². The monoisotopic (exact) mass is 259 g/mol. The normalized spacial score (nSPS) is 10.3. The van der Waals surface area contributed by atoms with Gasteiger partial charge in [-0.05, 0) is 13.3 Å². The van der Waals surface area contributed by atoms with Crippen LogP contribution in [-0.2, 0) is 6.42 Å². The van der Waals surface area contributed by atoms with E-state index in [0.717, 1.165) is 24.5 Å². The molecule has 6 nitrogen and oxygen atoms in total. The predicted molar refractivity (Wildman–Crippen MR) is 73.2 cm³/mol. The van der Waals surface area contributed by atoms with Gasteiger partial charge in [0.25, 0.3) is 0 Å². The van der Waals surface area contributed by atoms with Crippen LogP contribution in [0.1, 0.15) is 19.5 Å². The van der Waals surface area contributed by atoms with Gasteiger partial charge in [0.2, 0.25) is 5.88 Å². The molecule has 0 radical (unpaired) electrons. The number of nitrogens with one attached hydrogen (secondary N) is 1. The van der Waals surface area contributed by atoms with Crippen molar-refractivity contribution in [2.75, 3.05) is 19.0 Å². The van der Waals surface area contributed by atoms with E-state index in [-0.39, 0.29) is 0 Å². The summed E-state index contributed by atoms with van der Waals surface area (Å²) in [5, 5.41) is 3.20. The fraction of sp³-hybridized carbons (Fsp3) is 0.385. The van der Waals surface area contributed by atoms with Crippen LogP contribution in [0.5, 0.6) is 5.88 Å². The number of ether oxygens (including phenoxy) is 1. The first kappa shape index (κ1) is 13.2. The SMILES string of the molecule is CCNc1cc(CC)nc(-c2cc(OC)ncn2)n1. The number of anilines is 1. The van der Waals surface area contributed by atoms with Crippen molar-refractivity contribution in [1.29, 1.82) is 0 Å². The first-order valence-corrected chi connectivity index (χ1v) is 6.25. The van der Waals surface area contributed by atoms with E-state index < -0.39 is 0 Å². The Morgan fingerprint density at radius 2 is 2.00 bits per heavy atom. The summed E-state index contributed by atoms with van der Waals surface area (Å²) in [6.45, 7) is 4.90. The third kappa shape index (κ3) is 3.15. The van der Waals surface area contributed by atoms with Crippen LogP contribution < -0.4 is 10.1 Å². The van der Waals surface area contributed by atoms with E-state index in [1.165, 1.54) is 6.33 Å². The third-order valence-electron chi connectivity index (χ3n) is 2.58. The minimum atomic E-state index is 0.500. The van der Waals surface area contributed by atoms with Crippen LogP contribution in [0.4, 0.5) is 5.82 Å². The van der Waals surface area contributed by atoms with Gasteiger partial charge in [0.1, 0.15) is 17.8 Å². The van der Waals surface area contributed by atoms with Crippen LogP contribution in [-0.4, -0.2) is 33.6 Å². The van der Waals surface area contributed by atoms with E-state index in [1.54, 1.807) is 13.2 Å². The molecule has 0 aliphatic carbocycles. The topological polar surface area (TPSA) is 72.8 Å². The molecular weight excluding hydrogens is 242 g/mol. The maximum atomic E-state index is 5.09. The standard InChI is InChI=1S/C13H17N5O/c1-4-9-6-11(14-5-2)18-13(17-9)10-7-12(19-3)16-8-15-10/h6-8H,4-5H2,1-3H3,(H,14,17,18). The molecule has 0 amide bonds. The molecule has 0 aliphatic rings. The van der Waals surface area contributed by atoms with Crippen LogP contribution in [0, 0.1) is 0 Å². The van der Waals surface area contributed by atoms with Crippen molar-refractivity contribution in [3.8, 4) is 17.4 Å². The molecule has 2 rings (SSSR count). The molecule has 0 saturated carbocycles. The molecule has 1 N–H and O–H groups in total. The molecule has 2 heterocycles. The Bertz CT molecular complexity index is 558. The number of methoxy groups -OCH3 is 1. The van der Waals surface area contributed by atoms with Crippen LogP contribution in [0.3, 0.4) is 0 Å². The van der Waals surface area contributed by atoms with E-state index in [2.05, 4.69) is 32.2 Å². The third-order valence-corrected chi connectivity index (χ3v) is 2.58. The van der Waals surface area contributed by atoms with Crippen molar-refractivity contribution in [3.63, 3.8) is 0 Å². The van der Waals surface area contributed by atoms with Crippen LogP contribution in [0.15, 0.2) is 18.5 Å². The molecular formula is C13H17N5O. The summed E-state index contributed by atoms with van der Waals surface area (Å²) in [5.41, 5.74) is 1.62. The molecule has 0 saturated heterocycles. The van der Waals surface area contributed by atoms with Gasteiger partial charge in [-0.1, -0.05) is 6.92 Å². The summed E-state index contributed by atoms with van der Waals surface area (Å²) >= 11 is 0. The fourth-order valence-corrected chi connectivity index (χ4v) is 1.64. The molecule has 0 unspecified atom stereocenters. The Labute approximate surface area is 112 Å². The molecule has 2 aromatic heterocycles. The van der Waals surface area contributed by atoms with Crippen molar-refractivity contribution < 1.29 is 4.74 Å². The van der Waals surface area contributed by atoms with Crippen LogP contribution >= 0.6 is 0 Å². The lowest BCUT2D eigenvalue weighted by Gasteiger charge is -2.08. The number of nitrogens with zero attached hydrogens (tertiary/aromatic N) is 4. The van der Waals surface area contributed by atoms with Crippen LogP contribution in [0.2, 0.25) is 0 Å². The lowest BCUT2D eigenvalue weighted by molar-refractivity contribution is 0.397. The van der Waals surface area contributed by atoms with Gasteiger partial charge >= 0.3 is 0 Å². The molecule has 100 valence electrons. The Kier molecular flexibility index (Phi) is 4.22. The zero-order valence-corrected chi connectivity index (χ0v) is 11.3. The van der Waals surface area contributed by atoms with E-state index >= 15 is 0 Å². The maximum Gasteiger partial charge on any atom is 0.216 e. The second-order valence-electron chi connectivity index (χ2n) is 3.90. The second-order valence-corrected chi connectivity index (χ2v) is 3.90. The highest BCUT2D eigenvalue weighted by atomic mass is 16.5. The average Bonchev–Trinajstić information content (AvgIpc) is 2.47. The minimum Gasteiger partial charge on any atom is -0.481 e. The zero-order chi connectivity index (χ0) is 13.7. The Morgan fingerprint density at radius 3 is 2.68 bits per heavy atom. The quantitative estimate of drug-likeness (QED) is 0.884. The zero-order valence-electron chi connectivity index (χ0n) is 11.3. The largest absolute Gasteiger partial charge is 0.481 e. The van der Waals surface area contributed by atoms with E-state index in [0.29, 0.717) is 17.4 Å². The number of aryl methyl sites for hydroxylation is 1. The van der Waals surface area contributed by atoms with Gasteiger partial charge in [0, 0.05) is 24.4 Å². The van der Waals surface area contributed by atoms with E-state index in [4.69, 9.17) is 4.74 Å². The van der Waals surface area contributed by atoms with Gasteiger partial charge < -0.3 is 10.1 Å². The number of aromatic nitrogens is 4. The Hall–Kier alpha value is -2.24. The molecule has 0 atom stereocenters. The average molecular weight is 259 g/mol. The molecule has 6 heteroatoms. The molecule has 19 heavy (non-hydrogen) atoms. The van der Waals surface area contributed by atoms with Crippen molar-refractivity contribution in [1.82, 2.24) is 19.9 Å². The number of hydrogen-bond acceptors (Lipinski definition) is 6. The van der Waals surface area contributed by atoms with Gasteiger partial charge in [-0.3, -0.25) is 0 Å². The summed E-state index contributed by atoms with van der Waals surface area (Å²) in [7, 11) is 1.57. The maximum absolute atomic E-state index is 5.09. The Balaban J connectivity index is 2.44. The highest BCUT2D eigenvalue weighted by molar-refractivity contribution is 5.54. The minimum absolute atomic E-state index is 0.500. The summed E-state index contributed by atoms with van der Waals surface area (Å²) in [6.07, 6.45) is 2.29. The first-order chi connectivity index (χ1) is 9.26. The number of rotatable bonds is 5. The van der Waals surface area contributed by atoms with Gasteiger partial charge in [-0.25, -0.2) is 19.9 Å². The van der Waals surface area contributed by atoms with E-state index in [9.17, 15) is 0 Å². The van der Waals surface area contributed by atoms with Crippen molar-refractivity contribution in [3.05, 3.63) is 24.2 Å². The van der Waals surface area contributed by atoms with Crippen molar-refractivity contribution in [2.45, 2.75) is 20.3 Å². The van der Waals surface area contributed by atoms with Gasteiger partial charge in [0.15, 0.2) is 5.82 Å². The van der Waals surface area contributed by atoms with Crippen LogP contribution in [0.25, 0.3) is 11.5 Å². The molecule has 0 aromatic carbocycles. The molecule has 2 aromatic rings. The lowest BCUT2D eigenvalue weighted by atomic mass is 10.3. The highest BCUT2D eigenvalue weighted by Crippen LogP contribution is 2.18. The molecule has 0 spiro atoms. The second kappa shape index (κ2) is 6.08.